The Hall–Kier alpha value is -1.39. The van der Waals surface area contributed by atoms with Crippen LogP contribution in [0.3, 0.4) is 0 Å². The van der Waals surface area contributed by atoms with Crippen LogP contribution in [0.1, 0.15) is 18.7 Å². The average molecular weight is 156 g/mol. The fourth-order valence-corrected chi connectivity index (χ4v) is 0.559. The van der Waals surface area contributed by atoms with Crippen molar-refractivity contribution >= 4 is 5.97 Å². The van der Waals surface area contributed by atoms with Gasteiger partial charge in [0.05, 0.1) is 0 Å². The first-order valence-corrected chi connectivity index (χ1v) is 3.11. The number of hydrogen-bond acceptors (Lipinski definition) is 5. The molecule has 1 heterocycles. The van der Waals surface area contributed by atoms with Crippen molar-refractivity contribution in [1.82, 2.24) is 10.2 Å². The predicted molar refractivity (Wildman–Crippen MR) is 34.5 cm³/mol. The Labute approximate surface area is 63.4 Å². The number of carbonyl (C=O) groups is 1. The number of carbonyl (C=O) groups excluding carboxylic acids is 1. The SMILES string of the molecule is CC(=O)OCc1nnc(C)o1. The second kappa shape index (κ2) is 3.14. The van der Waals surface area contributed by atoms with Crippen LogP contribution in [0.5, 0.6) is 0 Å². The molecule has 0 radical (unpaired) electrons. The van der Waals surface area contributed by atoms with E-state index >= 15 is 0 Å². The Bertz CT molecular complexity index is 256. The molecule has 0 unspecified atom stereocenters. The number of aryl methyl sites for hydroxylation is 1. The van der Waals surface area contributed by atoms with Crippen molar-refractivity contribution in [3.05, 3.63) is 11.8 Å². The summed E-state index contributed by atoms with van der Waals surface area (Å²) in [6.07, 6.45) is 0. The minimum Gasteiger partial charge on any atom is -0.456 e. The van der Waals surface area contributed by atoms with Gasteiger partial charge in [0.2, 0.25) is 5.89 Å². The summed E-state index contributed by atoms with van der Waals surface area (Å²) in [6.45, 7) is 3.05. The summed E-state index contributed by atoms with van der Waals surface area (Å²) in [7, 11) is 0. The van der Waals surface area contributed by atoms with E-state index < -0.39 is 0 Å². The minimum absolute atomic E-state index is 0.0518. The highest BCUT2D eigenvalue weighted by molar-refractivity contribution is 5.65. The summed E-state index contributed by atoms with van der Waals surface area (Å²) in [5, 5.41) is 7.18. The van der Waals surface area contributed by atoms with E-state index in [0.29, 0.717) is 11.8 Å². The van der Waals surface area contributed by atoms with Crippen molar-refractivity contribution in [3.63, 3.8) is 0 Å². The molecule has 0 aliphatic carbocycles. The molecule has 0 saturated heterocycles. The highest BCUT2D eigenvalue weighted by Crippen LogP contribution is 1.98. The summed E-state index contributed by atoms with van der Waals surface area (Å²) >= 11 is 0. The molecule has 0 bridgehead atoms. The van der Waals surface area contributed by atoms with Crippen LogP contribution in [-0.2, 0) is 16.1 Å². The predicted octanol–water partition coefficient (Wildman–Crippen LogP) is 0.441. The number of aromatic nitrogens is 2. The van der Waals surface area contributed by atoms with Gasteiger partial charge in [-0.2, -0.15) is 0 Å². The van der Waals surface area contributed by atoms with Crippen LogP contribution in [0.2, 0.25) is 0 Å². The highest BCUT2D eigenvalue weighted by Gasteiger charge is 2.02. The second-order valence-corrected chi connectivity index (χ2v) is 2.00. The van der Waals surface area contributed by atoms with Crippen LogP contribution in [0.4, 0.5) is 0 Å². The van der Waals surface area contributed by atoms with Crippen molar-refractivity contribution in [2.45, 2.75) is 20.5 Å². The lowest BCUT2D eigenvalue weighted by Crippen LogP contribution is -1.98. The van der Waals surface area contributed by atoms with Crippen LogP contribution < -0.4 is 0 Å². The molecule has 0 atom stereocenters. The summed E-state index contributed by atoms with van der Waals surface area (Å²) in [6, 6.07) is 0. The Morgan fingerprint density at radius 2 is 2.36 bits per heavy atom. The molecule has 0 fully saturated rings. The van der Waals surface area contributed by atoms with E-state index in [1.165, 1.54) is 6.92 Å². The summed E-state index contributed by atoms with van der Waals surface area (Å²) in [4.78, 5) is 10.3. The third kappa shape index (κ3) is 2.37. The van der Waals surface area contributed by atoms with Gasteiger partial charge in [-0.15, -0.1) is 10.2 Å². The van der Waals surface area contributed by atoms with Crippen LogP contribution in [0.15, 0.2) is 4.42 Å². The van der Waals surface area contributed by atoms with Gasteiger partial charge >= 0.3 is 5.97 Å². The van der Waals surface area contributed by atoms with Gasteiger partial charge < -0.3 is 9.15 Å². The third-order valence-corrected chi connectivity index (χ3v) is 0.967. The number of hydrogen-bond donors (Lipinski definition) is 0. The smallest absolute Gasteiger partial charge is 0.303 e. The van der Waals surface area contributed by atoms with E-state index in [-0.39, 0.29) is 12.6 Å². The molecule has 0 N–H and O–H groups in total. The standard InChI is InChI=1S/C6H8N2O3/c1-4-7-8-6(11-4)3-10-5(2)9/h3H2,1-2H3. The van der Waals surface area contributed by atoms with Gasteiger partial charge in [-0.1, -0.05) is 0 Å². The van der Waals surface area contributed by atoms with Gasteiger partial charge in [0.1, 0.15) is 0 Å². The molecule has 0 aliphatic rings. The average Bonchev–Trinajstić information content (AvgIpc) is 2.31. The Morgan fingerprint density at radius 1 is 1.64 bits per heavy atom. The number of nitrogens with zero attached hydrogens (tertiary/aromatic N) is 2. The fourth-order valence-electron chi connectivity index (χ4n) is 0.559. The van der Waals surface area contributed by atoms with E-state index in [1.807, 2.05) is 0 Å². The lowest BCUT2D eigenvalue weighted by atomic mass is 10.7. The van der Waals surface area contributed by atoms with Gasteiger partial charge in [-0.3, -0.25) is 4.79 Å². The number of esters is 1. The van der Waals surface area contributed by atoms with E-state index in [2.05, 4.69) is 14.9 Å². The van der Waals surface area contributed by atoms with Gasteiger partial charge in [0.15, 0.2) is 6.61 Å². The molecule has 0 spiro atoms. The summed E-state index contributed by atoms with van der Waals surface area (Å²) in [5.74, 6) is 0.422. The quantitative estimate of drug-likeness (QED) is 0.581. The molecule has 11 heavy (non-hydrogen) atoms. The molecule has 0 amide bonds. The molecular formula is C6H8N2O3. The van der Waals surface area contributed by atoms with Gasteiger partial charge in [-0.05, 0) is 0 Å². The molecule has 0 aromatic carbocycles. The van der Waals surface area contributed by atoms with E-state index in [0.717, 1.165) is 0 Å². The minimum atomic E-state index is -0.360. The van der Waals surface area contributed by atoms with E-state index in [1.54, 1.807) is 6.92 Å². The molecule has 0 saturated carbocycles. The zero-order valence-corrected chi connectivity index (χ0v) is 6.33. The lowest BCUT2D eigenvalue weighted by molar-refractivity contribution is -0.142. The van der Waals surface area contributed by atoms with Crippen LogP contribution >= 0.6 is 0 Å². The molecular weight excluding hydrogens is 148 g/mol. The van der Waals surface area contributed by atoms with Gasteiger partial charge in [0.25, 0.3) is 5.89 Å². The van der Waals surface area contributed by atoms with Crippen molar-refractivity contribution in [2.24, 2.45) is 0 Å². The first-order valence-electron chi connectivity index (χ1n) is 3.11. The zero-order valence-electron chi connectivity index (χ0n) is 6.33. The molecule has 0 aliphatic heterocycles. The van der Waals surface area contributed by atoms with Gasteiger partial charge in [0, 0.05) is 13.8 Å². The van der Waals surface area contributed by atoms with Crippen molar-refractivity contribution < 1.29 is 13.9 Å². The normalized spacial score (nSPS) is 9.64. The Balaban J connectivity index is 2.45. The molecule has 1 aromatic rings. The van der Waals surface area contributed by atoms with Crippen LogP contribution in [0, 0.1) is 6.92 Å². The second-order valence-electron chi connectivity index (χ2n) is 2.00. The fraction of sp³-hybridized carbons (Fsp3) is 0.500. The molecule has 1 rings (SSSR count). The van der Waals surface area contributed by atoms with Crippen LogP contribution in [-0.4, -0.2) is 16.2 Å². The number of rotatable bonds is 2. The van der Waals surface area contributed by atoms with Crippen molar-refractivity contribution in [2.75, 3.05) is 0 Å². The monoisotopic (exact) mass is 156 g/mol. The number of ether oxygens (including phenoxy) is 1. The van der Waals surface area contributed by atoms with E-state index in [4.69, 9.17) is 4.42 Å². The maximum absolute atomic E-state index is 10.3. The largest absolute Gasteiger partial charge is 0.456 e. The molecule has 1 aromatic heterocycles. The van der Waals surface area contributed by atoms with E-state index in [9.17, 15) is 4.79 Å². The molecule has 5 heteroatoms. The summed E-state index contributed by atoms with van der Waals surface area (Å²) < 4.78 is 9.54. The van der Waals surface area contributed by atoms with Crippen LogP contribution in [0.25, 0.3) is 0 Å². The third-order valence-electron chi connectivity index (χ3n) is 0.967. The lowest BCUT2D eigenvalue weighted by Gasteiger charge is -1.93. The van der Waals surface area contributed by atoms with Gasteiger partial charge in [-0.25, -0.2) is 0 Å². The maximum atomic E-state index is 10.3. The first-order chi connectivity index (χ1) is 5.18. The van der Waals surface area contributed by atoms with Crippen molar-refractivity contribution in [3.8, 4) is 0 Å². The highest BCUT2D eigenvalue weighted by atomic mass is 16.5. The molecule has 5 nitrogen and oxygen atoms in total. The first kappa shape index (κ1) is 7.71. The van der Waals surface area contributed by atoms with Crippen molar-refractivity contribution in [1.29, 1.82) is 0 Å². The summed E-state index contributed by atoms with van der Waals surface area (Å²) in [5.41, 5.74) is 0. The topological polar surface area (TPSA) is 65.2 Å². The Kier molecular flexibility index (Phi) is 2.20. The molecule has 60 valence electrons. The zero-order chi connectivity index (χ0) is 8.27. The Morgan fingerprint density at radius 3 is 2.82 bits per heavy atom. The maximum Gasteiger partial charge on any atom is 0.303 e.